The second-order valence-electron chi connectivity index (χ2n) is 9.29. The summed E-state index contributed by atoms with van der Waals surface area (Å²) in [7, 11) is 0. The van der Waals surface area contributed by atoms with Crippen molar-refractivity contribution < 1.29 is 19.2 Å². The number of imide groups is 1. The Morgan fingerprint density at radius 1 is 1.00 bits per heavy atom. The third kappa shape index (κ3) is 3.85. The van der Waals surface area contributed by atoms with Crippen molar-refractivity contribution in [2.24, 2.45) is 17.8 Å². The number of carbonyl (C=O) groups excluding carboxylic acids is 2. The van der Waals surface area contributed by atoms with Gasteiger partial charge in [0.2, 0.25) is 0 Å². The molecule has 0 unspecified atom stereocenters. The molecule has 1 heterocycles. The molecule has 0 aromatic rings. The molecule has 0 spiro atoms. The minimum absolute atomic E-state index is 0.0477. The average Bonchev–Trinajstić information content (AvgIpc) is 2.42. The van der Waals surface area contributed by atoms with Gasteiger partial charge in [0.05, 0.1) is 0 Å². The lowest BCUT2D eigenvalue weighted by atomic mass is 9.53. The van der Waals surface area contributed by atoms with E-state index in [4.69, 9.17) is 4.74 Å². The normalized spacial score (nSPS) is 45.2. The fraction of sp³-hybridized carbons (Fsp3) is 0.895. The van der Waals surface area contributed by atoms with Crippen LogP contribution >= 0.6 is 0 Å². The Morgan fingerprint density at radius 2 is 1.52 bits per heavy atom. The highest BCUT2D eigenvalue weighted by Gasteiger charge is 2.51. The van der Waals surface area contributed by atoms with Crippen molar-refractivity contribution in [3.63, 3.8) is 0 Å². The van der Waals surface area contributed by atoms with Crippen molar-refractivity contribution >= 4 is 11.9 Å². The van der Waals surface area contributed by atoms with Crippen molar-refractivity contribution in [2.45, 2.75) is 70.1 Å². The maximum absolute atomic E-state index is 12.4. The van der Waals surface area contributed by atoms with Gasteiger partial charge in [-0.3, -0.25) is 10.1 Å². The van der Waals surface area contributed by atoms with Gasteiger partial charge in [0.15, 0.2) is 6.54 Å². The van der Waals surface area contributed by atoms with E-state index in [1.165, 1.54) is 24.2 Å². The van der Waals surface area contributed by atoms with Crippen molar-refractivity contribution in [1.82, 2.24) is 10.6 Å². The van der Waals surface area contributed by atoms with E-state index in [0.29, 0.717) is 6.54 Å². The summed E-state index contributed by atoms with van der Waals surface area (Å²) in [6.07, 6.45) is 7.66. The highest BCUT2D eigenvalue weighted by molar-refractivity contribution is 5.95. The predicted octanol–water partition coefficient (Wildman–Crippen LogP) is 0.473. The van der Waals surface area contributed by atoms with Gasteiger partial charge in [-0.1, -0.05) is 0 Å². The maximum atomic E-state index is 12.4. The van der Waals surface area contributed by atoms with Crippen molar-refractivity contribution in [2.75, 3.05) is 19.6 Å². The Morgan fingerprint density at radius 3 is 2.04 bits per heavy atom. The predicted molar refractivity (Wildman–Crippen MR) is 93.2 cm³/mol. The topological polar surface area (TPSA) is 71.9 Å². The van der Waals surface area contributed by atoms with Gasteiger partial charge in [0.1, 0.15) is 25.3 Å². The molecule has 25 heavy (non-hydrogen) atoms. The molecule has 1 aliphatic heterocycles. The van der Waals surface area contributed by atoms with Gasteiger partial charge in [-0.2, -0.15) is 0 Å². The summed E-state index contributed by atoms with van der Waals surface area (Å²) in [4.78, 5) is 25.9. The number of quaternary nitrogens is 1. The molecule has 5 rings (SSSR count). The Labute approximate surface area is 150 Å². The van der Waals surface area contributed by atoms with E-state index in [0.717, 1.165) is 50.1 Å². The third-order valence-corrected chi connectivity index (χ3v) is 6.70. The standard InChI is InChI=1S/C19H31N3O3/c1-12-9-22(10-13(2)25-12)11-17(23)20-18(24)21-19-6-14-3-15(7-19)5-16(4-14)8-19/h12-16H,3-11H2,1-2H3,(H2,20,21,23,24)/p+1/t12-,13-,14?,15?,16?,19?/m0/s1. The Hall–Kier alpha value is -1.14. The van der Waals surface area contributed by atoms with E-state index in [2.05, 4.69) is 10.6 Å². The summed E-state index contributed by atoms with van der Waals surface area (Å²) in [5.41, 5.74) is -0.0477. The van der Waals surface area contributed by atoms with E-state index >= 15 is 0 Å². The summed E-state index contributed by atoms with van der Waals surface area (Å²) in [6, 6.07) is -0.291. The average molecular weight is 350 g/mol. The number of carbonyl (C=O) groups is 2. The van der Waals surface area contributed by atoms with Crippen LogP contribution < -0.4 is 15.5 Å². The lowest BCUT2D eigenvalue weighted by Gasteiger charge is -2.56. The molecule has 0 aromatic carbocycles. The molecule has 1 saturated heterocycles. The van der Waals surface area contributed by atoms with Crippen molar-refractivity contribution in [3.05, 3.63) is 0 Å². The molecular formula is C19H32N3O3+. The van der Waals surface area contributed by atoms with Gasteiger partial charge in [0.25, 0.3) is 5.91 Å². The van der Waals surface area contributed by atoms with Crippen LogP contribution in [0.25, 0.3) is 0 Å². The minimum Gasteiger partial charge on any atom is -0.364 e. The van der Waals surface area contributed by atoms with Crippen molar-refractivity contribution in [3.8, 4) is 0 Å². The Kier molecular flexibility index (Phi) is 4.52. The molecule has 4 bridgehead atoms. The SMILES string of the molecule is C[C@H]1C[NH+](CC(=O)NC(=O)NC23CC4CC(CC(C4)C2)C3)C[C@H](C)O1. The summed E-state index contributed by atoms with van der Waals surface area (Å²) in [5.74, 6) is 2.16. The molecule has 4 saturated carbocycles. The van der Waals surface area contributed by atoms with Gasteiger partial charge in [-0.15, -0.1) is 0 Å². The zero-order valence-corrected chi connectivity index (χ0v) is 15.5. The molecule has 6 heteroatoms. The van der Waals surface area contributed by atoms with E-state index in [1.54, 1.807) is 0 Å². The first kappa shape index (κ1) is 17.3. The fourth-order valence-electron chi connectivity index (χ4n) is 6.47. The molecule has 2 atom stereocenters. The number of hydrogen-bond donors (Lipinski definition) is 3. The Bertz CT molecular complexity index is 505. The monoisotopic (exact) mass is 350 g/mol. The molecule has 6 nitrogen and oxygen atoms in total. The Balaban J connectivity index is 1.28. The van der Waals surface area contributed by atoms with Gasteiger partial charge < -0.3 is 15.0 Å². The van der Waals surface area contributed by atoms with E-state index in [1.807, 2.05) is 13.8 Å². The molecule has 3 N–H and O–H groups in total. The van der Waals surface area contributed by atoms with Crippen LogP contribution in [0.15, 0.2) is 0 Å². The number of amides is 3. The molecule has 5 fully saturated rings. The molecule has 140 valence electrons. The summed E-state index contributed by atoms with van der Waals surface area (Å²) < 4.78 is 5.71. The smallest absolute Gasteiger partial charge is 0.322 e. The molecule has 3 amide bonds. The summed E-state index contributed by atoms with van der Waals surface area (Å²) >= 11 is 0. The first-order chi connectivity index (χ1) is 11.9. The largest absolute Gasteiger partial charge is 0.364 e. The maximum Gasteiger partial charge on any atom is 0.322 e. The number of ether oxygens (including phenoxy) is 1. The molecule has 0 aromatic heterocycles. The summed E-state index contributed by atoms with van der Waals surface area (Å²) in [5, 5.41) is 5.79. The fourth-order valence-corrected chi connectivity index (χ4v) is 6.47. The van der Waals surface area contributed by atoms with E-state index < -0.39 is 0 Å². The molecule has 0 radical (unpaired) electrons. The number of morpholine rings is 1. The number of hydrogen-bond acceptors (Lipinski definition) is 3. The number of nitrogens with one attached hydrogen (secondary N) is 3. The second kappa shape index (κ2) is 6.54. The van der Waals surface area contributed by atoms with Crippen LogP contribution in [0.5, 0.6) is 0 Å². The van der Waals surface area contributed by atoms with Crippen LogP contribution in [0.1, 0.15) is 52.4 Å². The van der Waals surface area contributed by atoms with Gasteiger partial charge in [-0.25, -0.2) is 4.79 Å². The molecule has 5 aliphatic rings. The zero-order valence-electron chi connectivity index (χ0n) is 15.5. The van der Waals surface area contributed by atoms with Gasteiger partial charge in [0, 0.05) is 5.54 Å². The van der Waals surface area contributed by atoms with E-state index in [9.17, 15) is 9.59 Å². The highest BCUT2D eigenvalue weighted by atomic mass is 16.5. The van der Waals surface area contributed by atoms with Crippen LogP contribution in [0, 0.1) is 17.8 Å². The lowest BCUT2D eigenvalue weighted by molar-refractivity contribution is -0.907. The van der Waals surface area contributed by atoms with Crippen LogP contribution in [-0.4, -0.2) is 49.3 Å². The molecular weight excluding hydrogens is 318 g/mol. The quantitative estimate of drug-likeness (QED) is 0.693. The van der Waals surface area contributed by atoms with Crippen LogP contribution in [0.2, 0.25) is 0 Å². The van der Waals surface area contributed by atoms with Gasteiger partial charge in [-0.05, 0) is 70.1 Å². The summed E-state index contributed by atoms with van der Waals surface area (Å²) in [6.45, 7) is 6.04. The number of rotatable bonds is 3. The highest BCUT2D eigenvalue weighted by Crippen LogP contribution is 2.55. The van der Waals surface area contributed by atoms with E-state index in [-0.39, 0.29) is 29.7 Å². The minimum atomic E-state index is -0.291. The first-order valence-corrected chi connectivity index (χ1v) is 10.00. The zero-order chi connectivity index (χ0) is 17.6. The first-order valence-electron chi connectivity index (χ1n) is 10.00. The van der Waals surface area contributed by atoms with Crippen LogP contribution in [0.4, 0.5) is 4.79 Å². The van der Waals surface area contributed by atoms with Crippen LogP contribution in [-0.2, 0) is 9.53 Å². The van der Waals surface area contributed by atoms with Crippen LogP contribution in [0.3, 0.4) is 0 Å². The lowest BCUT2D eigenvalue weighted by Crippen LogP contribution is -3.16. The third-order valence-electron chi connectivity index (χ3n) is 6.70. The number of urea groups is 1. The second-order valence-corrected chi connectivity index (χ2v) is 9.29. The van der Waals surface area contributed by atoms with Crippen molar-refractivity contribution in [1.29, 1.82) is 0 Å². The van der Waals surface area contributed by atoms with Gasteiger partial charge >= 0.3 is 6.03 Å². The molecule has 4 aliphatic carbocycles.